The highest BCUT2D eigenvalue weighted by Crippen LogP contribution is 2.64. The van der Waals surface area contributed by atoms with E-state index < -0.39 is 5.60 Å². The van der Waals surface area contributed by atoms with Crippen LogP contribution in [0.15, 0.2) is 10.3 Å². The van der Waals surface area contributed by atoms with Crippen molar-refractivity contribution in [2.24, 2.45) is 50.5 Å². The second-order valence-electron chi connectivity index (χ2n) is 11.1. The number of nitrogens with zero attached hydrogens (tertiary/aromatic N) is 2. The first-order valence-electron chi connectivity index (χ1n) is 11.3. The van der Waals surface area contributed by atoms with Crippen LogP contribution in [-0.4, -0.2) is 34.6 Å². The van der Waals surface area contributed by atoms with E-state index in [4.69, 9.17) is 10.6 Å². The van der Waals surface area contributed by atoms with E-state index in [-0.39, 0.29) is 29.2 Å². The van der Waals surface area contributed by atoms with Crippen LogP contribution in [-0.2, 0) is 9.63 Å². The Hall–Kier alpha value is -1.14. The zero-order valence-electron chi connectivity index (χ0n) is 18.8. The Kier molecular flexibility index (Phi) is 6.34. The highest BCUT2D eigenvalue weighted by atomic mass is 35.5. The summed E-state index contributed by atoms with van der Waals surface area (Å²) in [6, 6.07) is 0. The number of Topliss-reactive ketones (excluding diaryl/α,β-unsaturated/α-hetero) is 1. The van der Waals surface area contributed by atoms with E-state index in [1.807, 2.05) is 13.8 Å². The summed E-state index contributed by atoms with van der Waals surface area (Å²) < 4.78 is 0. The molecule has 0 aromatic rings. The summed E-state index contributed by atoms with van der Waals surface area (Å²) in [4.78, 5) is 18.3. The maximum absolute atomic E-state index is 12.6. The second kappa shape index (κ2) is 8.09. The predicted molar refractivity (Wildman–Crippen MR) is 120 cm³/mol. The number of nitrogens with two attached hydrogens (primary N) is 1. The van der Waals surface area contributed by atoms with E-state index in [0.29, 0.717) is 30.1 Å². The third kappa shape index (κ3) is 3.58. The molecule has 30 heavy (non-hydrogen) atoms. The van der Waals surface area contributed by atoms with Gasteiger partial charge in [-0.25, -0.2) is 0 Å². The number of rotatable bonds is 3. The number of carbonyl (C=O) groups excluding carboxylic acids is 1. The summed E-state index contributed by atoms with van der Waals surface area (Å²) in [6.07, 6.45) is 7.40. The molecule has 0 aromatic heterocycles. The number of hydrogen-bond acceptors (Lipinski definition) is 6. The zero-order chi connectivity index (χ0) is 21.0. The lowest BCUT2D eigenvalue weighted by Gasteiger charge is -2.59. The molecule has 4 aliphatic carbocycles. The van der Waals surface area contributed by atoms with Crippen molar-refractivity contribution in [3.8, 4) is 0 Å². The molecule has 0 aliphatic heterocycles. The van der Waals surface area contributed by atoms with Gasteiger partial charge in [-0.05, 0) is 82.0 Å². The van der Waals surface area contributed by atoms with Gasteiger partial charge in [0.15, 0.2) is 0 Å². The average Bonchev–Trinajstić information content (AvgIpc) is 3.00. The topological polar surface area (TPSA) is 97.3 Å². The van der Waals surface area contributed by atoms with Gasteiger partial charge < -0.3 is 15.8 Å². The van der Waals surface area contributed by atoms with Gasteiger partial charge >= 0.3 is 0 Å². The second-order valence-corrected chi connectivity index (χ2v) is 11.1. The lowest BCUT2D eigenvalue weighted by molar-refractivity contribution is -0.133. The van der Waals surface area contributed by atoms with Crippen molar-refractivity contribution in [3.63, 3.8) is 0 Å². The lowest BCUT2D eigenvalue weighted by Crippen LogP contribution is -2.56. The quantitative estimate of drug-likeness (QED) is 0.497. The van der Waals surface area contributed by atoms with Crippen molar-refractivity contribution in [1.29, 1.82) is 0 Å². The first-order valence-corrected chi connectivity index (χ1v) is 11.3. The molecular formula is C23H38ClN3O3. The van der Waals surface area contributed by atoms with Gasteiger partial charge in [0.25, 0.3) is 0 Å². The van der Waals surface area contributed by atoms with Crippen LogP contribution >= 0.6 is 12.4 Å². The molecule has 4 aliphatic rings. The van der Waals surface area contributed by atoms with Gasteiger partial charge in [0.2, 0.25) is 0 Å². The average molecular weight is 440 g/mol. The van der Waals surface area contributed by atoms with Crippen molar-refractivity contribution in [3.05, 3.63) is 0 Å². The molecule has 0 bridgehead atoms. The Morgan fingerprint density at radius 3 is 2.57 bits per heavy atom. The van der Waals surface area contributed by atoms with Crippen molar-refractivity contribution in [2.75, 3.05) is 6.54 Å². The fraction of sp³-hybridized carbons (Fsp3) is 0.870. The minimum Gasteiger partial charge on any atom is -0.411 e. The molecule has 7 heteroatoms. The maximum atomic E-state index is 12.6. The number of ketones is 1. The normalized spacial score (nSPS) is 43.6. The molecule has 170 valence electrons. The van der Waals surface area contributed by atoms with Crippen molar-refractivity contribution in [1.82, 2.24) is 0 Å². The summed E-state index contributed by atoms with van der Waals surface area (Å²) in [7, 11) is 0. The van der Waals surface area contributed by atoms with Crippen molar-refractivity contribution in [2.45, 2.75) is 84.7 Å². The number of fused-ring (bicyclic) bond motifs is 5. The Bertz CT molecular complexity index is 752. The fourth-order valence-electron chi connectivity index (χ4n) is 7.07. The molecule has 0 amide bonds. The van der Waals surface area contributed by atoms with Crippen LogP contribution in [0.25, 0.3) is 0 Å². The molecule has 4 saturated carbocycles. The van der Waals surface area contributed by atoms with Crippen LogP contribution in [0.5, 0.6) is 0 Å². The van der Waals surface area contributed by atoms with Gasteiger partial charge in [-0.1, -0.05) is 24.2 Å². The summed E-state index contributed by atoms with van der Waals surface area (Å²) >= 11 is 0. The molecule has 0 heterocycles. The molecule has 6 nitrogen and oxygen atoms in total. The Balaban J connectivity index is 0.00000256. The van der Waals surface area contributed by atoms with Crippen LogP contribution in [0, 0.1) is 34.5 Å². The van der Waals surface area contributed by atoms with Crippen molar-refractivity contribution < 1.29 is 14.8 Å². The smallest absolute Gasteiger partial charge is 0.144 e. The van der Waals surface area contributed by atoms with E-state index in [0.717, 1.165) is 62.8 Å². The van der Waals surface area contributed by atoms with Gasteiger partial charge in [0, 0.05) is 24.3 Å². The van der Waals surface area contributed by atoms with Crippen LogP contribution in [0.4, 0.5) is 0 Å². The number of carbonyl (C=O) groups is 1. The standard InChI is InChI=1S/C23H37N3O3.ClH/c1-21(2,13-24)29-26-14-7-9-22(3)17-8-10-23(4)16(5-6-20(23)27)15(17)12-19(25-28)18(22)11-14;/h15-18,28H,5-13,24H2,1-4H3;1H/t15-,16-,17-,18?,22+,23-;/m0./s1. The molecule has 4 rings (SSSR count). The van der Waals surface area contributed by atoms with E-state index >= 15 is 0 Å². The van der Waals surface area contributed by atoms with Crippen LogP contribution in [0.1, 0.15) is 79.1 Å². The summed E-state index contributed by atoms with van der Waals surface area (Å²) in [6.45, 7) is 8.88. The Morgan fingerprint density at radius 2 is 1.90 bits per heavy atom. The van der Waals surface area contributed by atoms with Crippen molar-refractivity contribution >= 4 is 29.6 Å². The van der Waals surface area contributed by atoms with Crippen LogP contribution in [0.2, 0.25) is 0 Å². The first kappa shape index (κ1) is 23.5. The third-order valence-corrected chi connectivity index (χ3v) is 9.07. The first-order chi connectivity index (χ1) is 13.6. The maximum Gasteiger partial charge on any atom is 0.144 e. The zero-order valence-corrected chi connectivity index (χ0v) is 19.6. The Labute approximate surface area is 186 Å². The summed E-state index contributed by atoms with van der Waals surface area (Å²) in [5.41, 5.74) is 7.18. The summed E-state index contributed by atoms with van der Waals surface area (Å²) in [5.74, 6) is 2.14. The molecule has 0 aromatic carbocycles. The van der Waals surface area contributed by atoms with Gasteiger partial charge in [-0.2, -0.15) is 0 Å². The molecule has 0 saturated heterocycles. The predicted octanol–water partition coefficient (Wildman–Crippen LogP) is 4.57. The monoisotopic (exact) mass is 439 g/mol. The number of oxime groups is 2. The Morgan fingerprint density at radius 1 is 1.17 bits per heavy atom. The van der Waals surface area contributed by atoms with Gasteiger partial charge in [0.05, 0.1) is 11.4 Å². The SMILES string of the molecule is CC(C)(CN)ON=C1CC[C@@]2(C)C(C1)C(=NO)C[C@@H]1[C@@H]2CC[C@]2(C)C(=O)CC[C@@H]12.Cl. The van der Waals surface area contributed by atoms with E-state index in [2.05, 4.69) is 24.2 Å². The van der Waals surface area contributed by atoms with Crippen LogP contribution < -0.4 is 5.73 Å². The largest absolute Gasteiger partial charge is 0.411 e. The molecular weight excluding hydrogens is 402 g/mol. The van der Waals surface area contributed by atoms with E-state index in [9.17, 15) is 10.0 Å². The minimum absolute atomic E-state index is 0. The van der Waals surface area contributed by atoms with Gasteiger partial charge in [0.1, 0.15) is 11.4 Å². The third-order valence-electron chi connectivity index (χ3n) is 9.07. The van der Waals surface area contributed by atoms with Gasteiger partial charge in [-0.3, -0.25) is 4.79 Å². The molecule has 1 unspecified atom stereocenters. The van der Waals surface area contributed by atoms with E-state index in [1.165, 1.54) is 0 Å². The molecule has 0 spiro atoms. The van der Waals surface area contributed by atoms with Gasteiger partial charge in [-0.15, -0.1) is 12.4 Å². The highest BCUT2D eigenvalue weighted by Gasteiger charge is 2.61. The lowest BCUT2D eigenvalue weighted by atomic mass is 9.45. The molecule has 0 radical (unpaired) electrons. The number of hydrogen-bond donors (Lipinski definition) is 2. The molecule has 4 fully saturated rings. The van der Waals surface area contributed by atoms with Crippen LogP contribution in [0.3, 0.4) is 0 Å². The highest BCUT2D eigenvalue weighted by molar-refractivity contribution is 5.96. The minimum atomic E-state index is -0.470. The number of halogens is 1. The molecule has 3 N–H and O–H groups in total. The molecule has 6 atom stereocenters. The fourth-order valence-corrected chi connectivity index (χ4v) is 7.07. The summed E-state index contributed by atoms with van der Waals surface area (Å²) in [5, 5.41) is 18.2. The van der Waals surface area contributed by atoms with E-state index in [1.54, 1.807) is 0 Å².